The van der Waals surface area contributed by atoms with Gasteiger partial charge in [0.1, 0.15) is 11.4 Å². The van der Waals surface area contributed by atoms with Gasteiger partial charge in [-0.05, 0) is 33.3 Å². The lowest BCUT2D eigenvalue weighted by Crippen LogP contribution is -2.45. The molecular formula is C19H31IN4O3S. The number of hydrogen-bond acceptors (Lipinski definition) is 4. The van der Waals surface area contributed by atoms with E-state index in [0.29, 0.717) is 32.0 Å². The Bertz CT molecular complexity index is 798. The molecule has 0 spiro atoms. The van der Waals surface area contributed by atoms with E-state index in [1.54, 1.807) is 0 Å². The third-order valence-electron chi connectivity index (χ3n) is 4.85. The van der Waals surface area contributed by atoms with Gasteiger partial charge in [0.05, 0.1) is 18.3 Å². The number of guanidine groups is 1. The Labute approximate surface area is 185 Å². The number of hydrogen-bond donors (Lipinski definition) is 2. The molecule has 1 atom stereocenters. The first-order valence-corrected chi connectivity index (χ1v) is 11.2. The number of sulfonamides is 1. The predicted molar refractivity (Wildman–Crippen MR) is 123 cm³/mol. The first kappa shape index (κ1) is 23.2. The van der Waals surface area contributed by atoms with Crippen molar-refractivity contribution in [2.75, 3.05) is 31.9 Å². The Balaban J connectivity index is 0.00000280. The molecule has 1 unspecified atom stereocenters. The van der Waals surface area contributed by atoms with E-state index >= 15 is 0 Å². The Morgan fingerprint density at radius 2 is 2.11 bits per heavy atom. The predicted octanol–water partition coefficient (Wildman–Crippen LogP) is 2.50. The van der Waals surface area contributed by atoms with Gasteiger partial charge in [-0.15, -0.1) is 24.0 Å². The number of nitrogens with one attached hydrogen (secondary N) is 2. The van der Waals surface area contributed by atoms with Crippen LogP contribution in [0.2, 0.25) is 0 Å². The summed E-state index contributed by atoms with van der Waals surface area (Å²) < 4.78 is 31.5. The molecule has 1 fully saturated rings. The molecule has 0 amide bonds. The van der Waals surface area contributed by atoms with Crippen molar-refractivity contribution in [2.45, 2.75) is 45.3 Å². The number of fused-ring (bicyclic) bond motifs is 1. The highest BCUT2D eigenvalue weighted by Crippen LogP contribution is 2.39. The van der Waals surface area contributed by atoms with E-state index in [1.807, 2.05) is 25.1 Å². The fraction of sp³-hybridized carbons (Fsp3) is 0.632. The van der Waals surface area contributed by atoms with Crippen LogP contribution in [0.15, 0.2) is 29.3 Å². The van der Waals surface area contributed by atoms with Crippen LogP contribution in [0.4, 0.5) is 0 Å². The van der Waals surface area contributed by atoms with Gasteiger partial charge in [0.2, 0.25) is 10.0 Å². The molecule has 2 heterocycles. The third kappa shape index (κ3) is 5.73. The summed E-state index contributed by atoms with van der Waals surface area (Å²) in [6.07, 6.45) is 1.52. The van der Waals surface area contributed by atoms with Crippen LogP contribution >= 0.6 is 24.0 Å². The number of nitrogens with zero attached hydrogens (tertiary/aromatic N) is 2. The second-order valence-corrected chi connectivity index (χ2v) is 9.72. The highest BCUT2D eigenvalue weighted by atomic mass is 127. The number of ether oxygens (including phenoxy) is 1. The smallest absolute Gasteiger partial charge is 0.214 e. The zero-order valence-electron chi connectivity index (χ0n) is 16.8. The number of benzene rings is 1. The molecule has 0 aromatic heterocycles. The lowest BCUT2D eigenvalue weighted by atomic mass is 9.90. The van der Waals surface area contributed by atoms with E-state index in [9.17, 15) is 8.42 Å². The molecule has 1 aromatic carbocycles. The standard InChI is InChI=1S/C19H30N4O3S.HI/c1-4-20-18(21-10-12-23-11-7-13-27(23,24)25)22-16-14-19(2,3)26-17-9-6-5-8-15(16)17;/h5-6,8-9,16H,4,7,10-14H2,1-3H3,(H2,20,21,22);1H. The van der Waals surface area contributed by atoms with E-state index in [2.05, 4.69) is 35.5 Å². The number of aliphatic imine (C=N–C) groups is 1. The van der Waals surface area contributed by atoms with Gasteiger partial charge in [-0.2, -0.15) is 0 Å². The fourth-order valence-corrected chi connectivity index (χ4v) is 5.15. The van der Waals surface area contributed by atoms with Crippen LogP contribution in [-0.2, 0) is 10.0 Å². The van der Waals surface area contributed by atoms with Crippen molar-refractivity contribution in [3.8, 4) is 5.75 Å². The van der Waals surface area contributed by atoms with E-state index in [0.717, 1.165) is 24.3 Å². The number of para-hydroxylation sites is 1. The highest BCUT2D eigenvalue weighted by Gasteiger charge is 2.34. The quantitative estimate of drug-likeness (QED) is 0.353. The fourth-order valence-electron chi connectivity index (χ4n) is 3.63. The van der Waals surface area contributed by atoms with Crippen LogP contribution < -0.4 is 15.4 Å². The van der Waals surface area contributed by atoms with Crippen LogP contribution in [0.25, 0.3) is 0 Å². The molecular weight excluding hydrogens is 491 g/mol. The minimum absolute atomic E-state index is 0. The van der Waals surface area contributed by atoms with E-state index in [1.165, 1.54) is 4.31 Å². The maximum Gasteiger partial charge on any atom is 0.214 e. The van der Waals surface area contributed by atoms with Crippen LogP contribution in [-0.4, -0.2) is 56.2 Å². The second kappa shape index (κ2) is 9.62. The molecule has 1 saturated heterocycles. The molecule has 7 nitrogen and oxygen atoms in total. The zero-order valence-corrected chi connectivity index (χ0v) is 19.9. The van der Waals surface area contributed by atoms with Crippen LogP contribution in [0.1, 0.15) is 45.2 Å². The topological polar surface area (TPSA) is 83.0 Å². The van der Waals surface area contributed by atoms with Crippen molar-refractivity contribution in [2.24, 2.45) is 4.99 Å². The summed E-state index contributed by atoms with van der Waals surface area (Å²) in [5, 5.41) is 6.77. The number of halogens is 1. The lowest BCUT2D eigenvalue weighted by Gasteiger charge is -2.38. The van der Waals surface area contributed by atoms with Gasteiger partial charge < -0.3 is 15.4 Å². The summed E-state index contributed by atoms with van der Waals surface area (Å²) in [5.41, 5.74) is 0.844. The second-order valence-electron chi connectivity index (χ2n) is 7.63. The average Bonchev–Trinajstić information content (AvgIpc) is 2.92. The first-order valence-electron chi connectivity index (χ1n) is 9.61. The van der Waals surface area contributed by atoms with Gasteiger partial charge in [0.15, 0.2) is 5.96 Å². The molecule has 158 valence electrons. The molecule has 2 aliphatic rings. The Morgan fingerprint density at radius 1 is 1.36 bits per heavy atom. The minimum atomic E-state index is -3.07. The highest BCUT2D eigenvalue weighted by molar-refractivity contribution is 14.0. The first-order chi connectivity index (χ1) is 12.8. The Kier molecular flexibility index (Phi) is 7.97. The largest absolute Gasteiger partial charge is 0.487 e. The third-order valence-corrected chi connectivity index (χ3v) is 6.81. The van der Waals surface area contributed by atoms with Crippen molar-refractivity contribution in [3.05, 3.63) is 29.8 Å². The van der Waals surface area contributed by atoms with Crippen LogP contribution in [0.3, 0.4) is 0 Å². The summed E-state index contributed by atoms with van der Waals surface area (Å²) in [6, 6.07) is 8.14. The van der Waals surface area contributed by atoms with Crippen molar-refractivity contribution in [1.82, 2.24) is 14.9 Å². The molecule has 0 bridgehead atoms. The molecule has 0 aliphatic carbocycles. The molecule has 0 radical (unpaired) electrons. The normalized spacial score (nSPS) is 23.2. The van der Waals surface area contributed by atoms with Crippen LogP contribution in [0.5, 0.6) is 5.75 Å². The monoisotopic (exact) mass is 522 g/mol. The average molecular weight is 522 g/mol. The molecule has 28 heavy (non-hydrogen) atoms. The Morgan fingerprint density at radius 3 is 2.79 bits per heavy atom. The van der Waals surface area contributed by atoms with Gasteiger partial charge in [0, 0.05) is 31.6 Å². The van der Waals surface area contributed by atoms with E-state index in [-0.39, 0.29) is 41.4 Å². The summed E-state index contributed by atoms with van der Waals surface area (Å²) in [4.78, 5) is 4.60. The molecule has 2 N–H and O–H groups in total. The summed E-state index contributed by atoms with van der Waals surface area (Å²) in [6.45, 7) is 8.38. The summed E-state index contributed by atoms with van der Waals surface area (Å²) in [7, 11) is -3.07. The van der Waals surface area contributed by atoms with Gasteiger partial charge in [-0.1, -0.05) is 18.2 Å². The maximum absolute atomic E-state index is 11.9. The van der Waals surface area contributed by atoms with Crippen molar-refractivity contribution < 1.29 is 13.2 Å². The lowest BCUT2D eigenvalue weighted by molar-refractivity contribution is 0.0694. The van der Waals surface area contributed by atoms with E-state index < -0.39 is 10.0 Å². The van der Waals surface area contributed by atoms with Crippen molar-refractivity contribution in [3.63, 3.8) is 0 Å². The SMILES string of the molecule is CCNC(=NCCN1CCCS1(=O)=O)NC1CC(C)(C)Oc2ccccc21.I. The summed E-state index contributed by atoms with van der Waals surface area (Å²) in [5.74, 6) is 1.85. The van der Waals surface area contributed by atoms with Gasteiger partial charge in [-0.25, -0.2) is 12.7 Å². The Hall–Kier alpha value is -1.07. The van der Waals surface area contributed by atoms with Crippen molar-refractivity contribution >= 4 is 40.0 Å². The maximum atomic E-state index is 11.9. The van der Waals surface area contributed by atoms with Gasteiger partial charge in [-0.3, -0.25) is 4.99 Å². The molecule has 2 aliphatic heterocycles. The zero-order chi connectivity index (χ0) is 19.5. The number of rotatable bonds is 5. The molecule has 0 saturated carbocycles. The van der Waals surface area contributed by atoms with Gasteiger partial charge >= 0.3 is 0 Å². The van der Waals surface area contributed by atoms with Crippen LogP contribution in [0, 0.1) is 0 Å². The van der Waals surface area contributed by atoms with Crippen molar-refractivity contribution in [1.29, 1.82) is 0 Å². The summed E-state index contributed by atoms with van der Waals surface area (Å²) >= 11 is 0. The molecule has 9 heteroatoms. The van der Waals surface area contributed by atoms with Gasteiger partial charge in [0.25, 0.3) is 0 Å². The minimum Gasteiger partial charge on any atom is -0.487 e. The van der Waals surface area contributed by atoms with E-state index in [4.69, 9.17) is 4.74 Å². The molecule has 1 aromatic rings. The molecule has 3 rings (SSSR count).